The number of hydrogen-bond donors (Lipinski definition) is 0. The van der Waals surface area contributed by atoms with Crippen LogP contribution in [0.15, 0.2) is 67.1 Å². The van der Waals surface area contributed by atoms with Crippen molar-refractivity contribution in [2.75, 3.05) is 0 Å². The standard InChI is InChI=1S/C23H17N5/c1-27-10-9-19-22(16-5-3-15(12-24)4-6-16)20(13-25-23(19)27)17-7-8-18-14-28(2)26-21(18)11-17/h3-11,13-14H,1-2H3. The molecule has 0 amide bonds. The van der Waals surface area contributed by atoms with Crippen molar-refractivity contribution in [2.45, 2.75) is 0 Å². The highest BCUT2D eigenvalue weighted by Gasteiger charge is 2.15. The molecule has 5 rings (SSSR count). The number of nitrogens with zero attached hydrogens (tertiary/aromatic N) is 5. The van der Waals surface area contributed by atoms with Gasteiger partial charge < -0.3 is 4.57 Å². The molecule has 0 saturated carbocycles. The van der Waals surface area contributed by atoms with Crippen LogP contribution in [-0.4, -0.2) is 19.3 Å². The van der Waals surface area contributed by atoms with Crippen LogP contribution < -0.4 is 0 Å². The molecular formula is C23H17N5. The molecule has 0 spiro atoms. The van der Waals surface area contributed by atoms with Gasteiger partial charge in [0, 0.05) is 54.6 Å². The van der Waals surface area contributed by atoms with E-state index < -0.39 is 0 Å². The molecule has 0 radical (unpaired) electrons. The van der Waals surface area contributed by atoms with Gasteiger partial charge in [-0.05, 0) is 35.4 Å². The van der Waals surface area contributed by atoms with Gasteiger partial charge in [0.1, 0.15) is 5.65 Å². The average Bonchev–Trinajstić information content (AvgIpc) is 3.28. The lowest BCUT2D eigenvalue weighted by Gasteiger charge is -2.12. The molecule has 0 aliphatic carbocycles. The first kappa shape index (κ1) is 16.3. The summed E-state index contributed by atoms with van der Waals surface area (Å²) in [6.07, 6.45) is 5.97. The van der Waals surface area contributed by atoms with E-state index in [0.29, 0.717) is 5.56 Å². The first-order valence-corrected chi connectivity index (χ1v) is 9.02. The molecule has 5 nitrogen and oxygen atoms in total. The molecule has 3 aromatic heterocycles. The van der Waals surface area contributed by atoms with E-state index in [1.165, 1.54) is 0 Å². The number of aromatic nitrogens is 4. The summed E-state index contributed by atoms with van der Waals surface area (Å²) in [6.45, 7) is 0. The van der Waals surface area contributed by atoms with Crippen molar-refractivity contribution in [3.05, 3.63) is 72.7 Å². The molecule has 0 unspecified atom stereocenters. The molecule has 134 valence electrons. The Morgan fingerprint density at radius 1 is 0.964 bits per heavy atom. The fourth-order valence-electron chi connectivity index (χ4n) is 3.76. The lowest BCUT2D eigenvalue weighted by molar-refractivity contribution is 0.780. The zero-order valence-corrected chi connectivity index (χ0v) is 15.6. The summed E-state index contributed by atoms with van der Waals surface area (Å²) in [6, 6.07) is 18.3. The second-order valence-electron chi connectivity index (χ2n) is 6.98. The zero-order chi connectivity index (χ0) is 19.3. The molecule has 2 aromatic carbocycles. The number of hydrogen-bond acceptors (Lipinski definition) is 3. The Bertz CT molecular complexity index is 1380. The fourth-order valence-corrected chi connectivity index (χ4v) is 3.76. The molecule has 3 heterocycles. The minimum Gasteiger partial charge on any atom is -0.336 e. The Morgan fingerprint density at radius 3 is 2.54 bits per heavy atom. The smallest absolute Gasteiger partial charge is 0.140 e. The predicted octanol–water partition coefficient (Wildman–Crippen LogP) is 4.67. The first-order valence-electron chi connectivity index (χ1n) is 9.02. The van der Waals surface area contributed by atoms with Gasteiger partial charge in [0.15, 0.2) is 0 Å². The molecule has 0 fully saturated rings. The van der Waals surface area contributed by atoms with Crippen LogP contribution in [0.1, 0.15) is 5.56 Å². The van der Waals surface area contributed by atoms with Crippen LogP contribution in [0.2, 0.25) is 0 Å². The van der Waals surface area contributed by atoms with Crippen molar-refractivity contribution in [1.29, 1.82) is 5.26 Å². The van der Waals surface area contributed by atoms with Gasteiger partial charge in [-0.1, -0.05) is 24.3 Å². The number of rotatable bonds is 2. The van der Waals surface area contributed by atoms with E-state index in [0.717, 1.165) is 44.2 Å². The summed E-state index contributed by atoms with van der Waals surface area (Å²) in [5.74, 6) is 0. The van der Waals surface area contributed by atoms with Gasteiger partial charge in [0.2, 0.25) is 0 Å². The van der Waals surface area contributed by atoms with Crippen LogP contribution in [-0.2, 0) is 14.1 Å². The van der Waals surface area contributed by atoms with Crippen molar-refractivity contribution in [2.24, 2.45) is 14.1 Å². The van der Waals surface area contributed by atoms with Crippen molar-refractivity contribution in [3.63, 3.8) is 0 Å². The molecule has 28 heavy (non-hydrogen) atoms. The maximum Gasteiger partial charge on any atom is 0.140 e. The van der Waals surface area contributed by atoms with Crippen LogP contribution in [0.25, 0.3) is 44.2 Å². The van der Waals surface area contributed by atoms with E-state index in [1.54, 1.807) is 0 Å². The summed E-state index contributed by atoms with van der Waals surface area (Å²) < 4.78 is 3.85. The molecule has 0 aliphatic rings. The van der Waals surface area contributed by atoms with Crippen molar-refractivity contribution in [3.8, 4) is 28.3 Å². The first-order chi connectivity index (χ1) is 13.6. The lowest BCUT2D eigenvalue weighted by atomic mass is 9.93. The van der Waals surface area contributed by atoms with E-state index >= 15 is 0 Å². The third-order valence-electron chi connectivity index (χ3n) is 5.13. The number of pyridine rings is 1. The topological polar surface area (TPSA) is 59.4 Å². The van der Waals surface area contributed by atoms with Gasteiger partial charge in [-0.2, -0.15) is 10.4 Å². The quantitative estimate of drug-likeness (QED) is 0.458. The molecule has 0 bridgehead atoms. The normalized spacial score (nSPS) is 11.2. The van der Waals surface area contributed by atoms with Gasteiger partial charge in [0.25, 0.3) is 0 Å². The number of aryl methyl sites for hydroxylation is 2. The van der Waals surface area contributed by atoms with Crippen LogP contribution in [0.5, 0.6) is 0 Å². The largest absolute Gasteiger partial charge is 0.336 e. The third-order valence-corrected chi connectivity index (χ3v) is 5.13. The second-order valence-corrected chi connectivity index (χ2v) is 6.98. The van der Waals surface area contributed by atoms with Crippen LogP contribution in [0.4, 0.5) is 0 Å². The molecule has 5 aromatic rings. The molecule has 0 aliphatic heterocycles. The Labute approximate surface area is 162 Å². The highest BCUT2D eigenvalue weighted by Crippen LogP contribution is 2.38. The van der Waals surface area contributed by atoms with E-state index in [9.17, 15) is 0 Å². The van der Waals surface area contributed by atoms with Gasteiger partial charge in [-0.15, -0.1) is 0 Å². The van der Waals surface area contributed by atoms with Crippen LogP contribution in [0, 0.1) is 11.3 Å². The predicted molar refractivity (Wildman–Crippen MR) is 111 cm³/mol. The van der Waals surface area contributed by atoms with Crippen LogP contribution >= 0.6 is 0 Å². The van der Waals surface area contributed by atoms with E-state index in [-0.39, 0.29) is 0 Å². The number of fused-ring (bicyclic) bond motifs is 2. The molecule has 0 saturated heterocycles. The minimum atomic E-state index is 0.651. The maximum atomic E-state index is 9.14. The Balaban J connectivity index is 1.80. The Kier molecular flexibility index (Phi) is 3.53. The maximum absolute atomic E-state index is 9.14. The van der Waals surface area contributed by atoms with Gasteiger partial charge in [-0.25, -0.2) is 4.98 Å². The van der Waals surface area contributed by atoms with E-state index in [1.807, 2.05) is 66.2 Å². The second kappa shape index (κ2) is 6.07. The summed E-state index contributed by atoms with van der Waals surface area (Å²) >= 11 is 0. The number of benzene rings is 2. The zero-order valence-electron chi connectivity index (χ0n) is 15.6. The SMILES string of the molecule is Cn1cc2ccc(-c3cnc4c(ccn4C)c3-c3ccc(C#N)cc3)cc2n1. The van der Waals surface area contributed by atoms with Gasteiger partial charge in [-0.3, -0.25) is 4.68 Å². The Morgan fingerprint density at radius 2 is 1.75 bits per heavy atom. The number of nitriles is 1. The Hall–Kier alpha value is -3.91. The van der Waals surface area contributed by atoms with Gasteiger partial charge in [0.05, 0.1) is 17.1 Å². The highest BCUT2D eigenvalue weighted by atomic mass is 15.2. The lowest BCUT2D eigenvalue weighted by Crippen LogP contribution is -1.93. The van der Waals surface area contributed by atoms with E-state index in [4.69, 9.17) is 10.2 Å². The van der Waals surface area contributed by atoms with E-state index in [2.05, 4.69) is 35.4 Å². The summed E-state index contributed by atoms with van der Waals surface area (Å²) in [7, 11) is 3.93. The molecular weight excluding hydrogens is 346 g/mol. The molecule has 5 heteroatoms. The van der Waals surface area contributed by atoms with Crippen LogP contribution in [0.3, 0.4) is 0 Å². The molecule has 0 atom stereocenters. The van der Waals surface area contributed by atoms with Crippen molar-refractivity contribution in [1.82, 2.24) is 19.3 Å². The average molecular weight is 363 g/mol. The monoisotopic (exact) mass is 363 g/mol. The summed E-state index contributed by atoms with van der Waals surface area (Å²) in [4.78, 5) is 4.71. The summed E-state index contributed by atoms with van der Waals surface area (Å²) in [5.41, 5.74) is 6.85. The summed E-state index contributed by atoms with van der Waals surface area (Å²) in [5, 5.41) is 15.9. The third kappa shape index (κ3) is 2.47. The van der Waals surface area contributed by atoms with Gasteiger partial charge >= 0.3 is 0 Å². The van der Waals surface area contributed by atoms with Crippen molar-refractivity contribution < 1.29 is 0 Å². The molecule has 0 N–H and O–H groups in total. The minimum absolute atomic E-state index is 0.651. The fraction of sp³-hybridized carbons (Fsp3) is 0.0870. The highest BCUT2D eigenvalue weighted by molar-refractivity contribution is 6.02. The van der Waals surface area contributed by atoms with Crippen molar-refractivity contribution >= 4 is 21.9 Å².